The second-order valence-electron chi connectivity index (χ2n) is 3.66. The normalized spacial score (nSPS) is 11.0. The fourth-order valence-electron chi connectivity index (χ4n) is 1.46. The summed E-state index contributed by atoms with van der Waals surface area (Å²) in [6.45, 7) is 0. The molecule has 88 valence electrons. The van der Waals surface area contributed by atoms with E-state index in [-0.39, 0.29) is 0 Å². The van der Waals surface area contributed by atoms with Crippen molar-refractivity contribution >= 4 is 25.6 Å². The molecule has 0 aliphatic rings. The molecule has 0 aliphatic heterocycles. The zero-order valence-corrected chi connectivity index (χ0v) is 11.2. The van der Waals surface area contributed by atoms with Crippen LogP contribution in [0.1, 0.15) is 32.1 Å². The molecule has 1 N–H and O–H groups in total. The van der Waals surface area contributed by atoms with Crippen LogP contribution in [-0.2, 0) is 0 Å². The molecule has 0 aliphatic carbocycles. The molecule has 0 radical (unpaired) electrons. The zero-order chi connectivity index (χ0) is 11.5. The predicted molar refractivity (Wildman–Crippen MR) is 70.0 cm³/mol. The number of rotatable bonds is 8. The van der Waals surface area contributed by atoms with Crippen LogP contribution in [0.2, 0.25) is 5.32 Å². The first-order chi connectivity index (χ1) is 7.93. The topological polar surface area (TPSA) is 32.6 Å². The Balaban J connectivity index is 1.92. The van der Waals surface area contributed by atoms with Crippen LogP contribution in [0.4, 0.5) is 0 Å². The molecule has 0 aromatic heterocycles. The Bertz CT molecular complexity index is 287. The summed E-state index contributed by atoms with van der Waals surface area (Å²) in [7, 11) is 0. The quantitative estimate of drug-likeness (QED) is 0.257. The number of oxime groups is 1. The third-order valence-corrected chi connectivity index (χ3v) is 4.63. The molecule has 2 nitrogen and oxygen atoms in total. The van der Waals surface area contributed by atoms with Gasteiger partial charge in [0.15, 0.2) is 0 Å². The average molecular weight is 284 g/mol. The van der Waals surface area contributed by atoms with Crippen LogP contribution in [0.5, 0.6) is 0 Å². The summed E-state index contributed by atoms with van der Waals surface area (Å²) in [5.74, 6) is 0. The molecule has 0 saturated heterocycles. The van der Waals surface area contributed by atoms with Gasteiger partial charge in [-0.2, -0.15) is 0 Å². The van der Waals surface area contributed by atoms with E-state index in [1.54, 1.807) is 6.21 Å². The number of unbranched alkanes of at least 4 members (excludes halogenated alkanes) is 4. The van der Waals surface area contributed by atoms with E-state index in [1.165, 1.54) is 29.0 Å². The molecule has 1 rings (SSSR count). The molecule has 1 aromatic carbocycles. The van der Waals surface area contributed by atoms with E-state index in [4.69, 9.17) is 5.21 Å². The Morgan fingerprint density at radius 3 is 2.56 bits per heavy atom. The first-order valence-corrected chi connectivity index (χ1v) is 7.84. The number of hydrogen-bond donors (Lipinski definition) is 1. The minimum atomic E-state index is 0.647. The summed E-state index contributed by atoms with van der Waals surface area (Å²) in [6, 6.07) is 10.7. The second-order valence-corrected chi connectivity index (χ2v) is 6.11. The summed E-state index contributed by atoms with van der Waals surface area (Å²) in [5.41, 5.74) is 0. The molecule has 0 bridgehead atoms. The molecule has 0 heterocycles. The van der Waals surface area contributed by atoms with Crippen molar-refractivity contribution in [2.45, 2.75) is 37.4 Å². The molecular weight excluding hydrogens is 265 g/mol. The van der Waals surface area contributed by atoms with Crippen LogP contribution >= 0.6 is 0 Å². The van der Waals surface area contributed by atoms with Crippen LogP contribution in [0.25, 0.3) is 0 Å². The van der Waals surface area contributed by atoms with Gasteiger partial charge in [0.2, 0.25) is 0 Å². The first-order valence-electron chi connectivity index (χ1n) is 5.77. The van der Waals surface area contributed by atoms with Gasteiger partial charge in [0.05, 0.1) is 0 Å². The Labute approximate surface area is 104 Å². The van der Waals surface area contributed by atoms with Gasteiger partial charge in [-0.15, -0.1) is 0 Å². The number of nitrogens with zero attached hydrogens (tertiary/aromatic N) is 1. The van der Waals surface area contributed by atoms with E-state index in [9.17, 15) is 0 Å². The van der Waals surface area contributed by atoms with Crippen LogP contribution in [-0.4, -0.2) is 26.4 Å². The van der Waals surface area contributed by atoms with E-state index in [0.29, 0.717) is 15.0 Å². The van der Waals surface area contributed by atoms with Crippen molar-refractivity contribution in [3.05, 3.63) is 30.3 Å². The van der Waals surface area contributed by atoms with E-state index < -0.39 is 0 Å². The Kier molecular flexibility index (Phi) is 7.83. The molecule has 0 fully saturated rings. The third kappa shape index (κ3) is 6.65. The molecule has 0 spiro atoms. The summed E-state index contributed by atoms with van der Waals surface area (Å²) in [5, 5.41) is 12.5. The fraction of sp³-hybridized carbons (Fsp3) is 0.462. The van der Waals surface area contributed by atoms with Gasteiger partial charge >= 0.3 is 104 Å². The number of hydrogen-bond acceptors (Lipinski definition) is 2. The maximum atomic E-state index is 8.21. The predicted octanol–water partition coefficient (Wildman–Crippen LogP) is 2.84. The maximum absolute atomic E-state index is 8.21. The summed E-state index contributed by atoms with van der Waals surface area (Å²) < 4.78 is 1.50. The van der Waals surface area contributed by atoms with Crippen molar-refractivity contribution in [1.29, 1.82) is 0 Å². The second kappa shape index (κ2) is 9.44. The molecule has 0 unspecified atom stereocenters. The summed E-state index contributed by atoms with van der Waals surface area (Å²) >= 11 is 0.647. The molecule has 3 heteroatoms. The molecule has 0 amide bonds. The molecule has 0 atom stereocenters. The Hall–Kier alpha value is -0.791. The number of benzene rings is 1. The van der Waals surface area contributed by atoms with Crippen molar-refractivity contribution in [3.8, 4) is 0 Å². The van der Waals surface area contributed by atoms with Crippen molar-refractivity contribution in [1.82, 2.24) is 0 Å². The van der Waals surface area contributed by atoms with E-state index in [1.807, 2.05) is 0 Å². The molecule has 0 saturated carbocycles. The Morgan fingerprint density at radius 2 is 1.81 bits per heavy atom. The summed E-state index contributed by atoms with van der Waals surface area (Å²) in [4.78, 5) is 0. The van der Waals surface area contributed by atoms with Crippen LogP contribution in [0.15, 0.2) is 35.5 Å². The average Bonchev–Trinajstić information content (AvgIpc) is 2.34. The first kappa shape index (κ1) is 13.3. The van der Waals surface area contributed by atoms with Gasteiger partial charge in [-0.05, 0) is 0 Å². The van der Waals surface area contributed by atoms with Gasteiger partial charge in [-0.1, -0.05) is 0 Å². The van der Waals surface area contributed by atoms with E-state index >= 15 is 0 Å². The standard InChI is InChI=1S/C13H19NOSe/c15-14-11-7-2-1-3-8-12-16-13-9-5-4-6-10-13/h4-6,9-11,15H,1-3,7-8,12H2/b14-11+. The molecule has 1 aromatic rings. The third-order valence-electron chi connectivity index (χ3n) is 2.32. The van der Waals surface area contributed by atoms with Crippen molar-refractivity contribution < 1.29 is 5.21 Å². The fourth-order valence-corrected chi connectivity index (χ4v) is 3.41. The van der Waals surface area contributed by atoms with Crippen LogP contribution in [0.3, 0.4) is 0 Å². The molecular formula is C13H19NOSe. The SMILES string of the molecule is O/N=C/CCCCCC[Se]c1ccccc1. The van der Waals surface area contributed by atoms with Gasteiger partial charge in [0.1, 0.15) is 0 Å². The van der Waals surface area contributed by atoms with Gasteiger partial charge in [0.25, 0.3) is 0 Å². The van der Waals surface area contributed by atoms with Crippen molar-refractivity contribution in [2.24, 2.45) is 5.16 Å². The van der Waals surface area contributed by atoms with Crippen molar-refractivity contribution in [2.75, 3.05) is 0 Å². The van der Waals surface area contributed by atoms with Gasteiger partial charge < -0.3 is 0 Å². The van der Waals surface area contributed by atoms with E-state index in [0.717, 1.165) is 12.8 Å². The van der Waals surface area contributed by atoms with Gasteiger partial charge in [0, 0.05) is 0 Å². The molecule has 16 heavy (non-hydrogen) atoms. The van der Waals surface area contributed by atoms with Gasteiger partial charge in [-0.3, -0.25) is 0 Å². The van der Waals surface area contributed by atoms with Crippen LogP contribution in [0, 0.1) is 0 Å². The monoisotopic (exact) mass is 285 g/mol. The minimum absolute atomic E-state index is 0.647. The van der Waals surface area contributed by atoms with Gasteiger partial charge in [-0.25, -0.2) is 0 Å². The Morgan fingerprint density at radius 1 is 1.06 bits per heavy atom. The van der Waals surface area contributed by atoms with Crippen molar-refractivity contribution in [3.63, 3.8) is 0 Å². The van der Waals surface area contributed by atoms with E-state index in [2.05, 4.69) is 35.5 Å². The summed E-state index contributed by atoms with van der Waals surface area (Å²) in [6.07, 6.45) is 7.49. The zero-order valence-electron chi connectivity index (χ0n) is 9.51. The van der Waals surface area contributed by atoms with Crippen LogP contribution < -0.4 is 4.46 Å².